The summed E-state index contributed by atoms with van der Waals surface area (Å²) in [6.45, 7) is 1.31. The zero-order valence-corrected chi connectivity index (χ0v) is 11.0. The first kappa shape index (κ1) is 13.2. The number of carbonyl (C=O) groups is 1. The van der Waals surface area contributed by atoms with Crippen LogP contribution in [0.15, 0.2) is 18.2 Å². The number of nitro benzene ring substituents is 1. The van der Waals surface area contributed by atoms with Gasteiger partial charge in [0, 0.05) is 30.7 Å². The van der Waals surface area contributed by atoms with E-state index in [0.29, 0.717) is 13.1 Å². The molecule has 0 N–H and O–H groups in total. The Balaban J connectivity index is 2.30. The van der Waals surface area contributed by atoms with Gasteiger partial charge in [0.15, 0.2) is 0 Å². The molecule has 0 bridgehead atoms. The third kappa shape index (κ3) is 2.59. The lowest BCUT2D eigenvalue weighted by Gasteiger charge is -2.26. The number of hydrogen-bond acceptors (Lipinski definition) is 4. The number of amides is 1. The average molecular weight is 287 g/mol. The molecular formula is C11H11ClN2O3S. The van der Waals surface area contributed by atoms with Crippen molar-refractivity contribution < 1.29 is 9.72 Å². The molecule has 5 nitrogen and oxygen atoms in total. The van der Waals surface area contributed by atoms with E-state index in [4.69, 9.17) is 11.6 Å². The molecule has 0 aromatic heterocycles. The van der Waals surface area contributed by atoms with Crippen molar-refractivity contribution >= 4 is 35.0 Å². The molecule has 1 saturated heterocycles. The molecule has 1 aromatic rings. The van der Waals surface area contributed by atoms with Crippen LogP contribution in [0.25, 0.3) is 0 Å². The van der Waals surface area contributed by atoms with Gasteiger partial charge in [-0.25, -0.2) is 0 Å². The Bertz CT molecular complexity index is 489. The number of benzene rings is 1. The fourth-order valence-electron chi connectivity index (χ4n) is 1.76. The zero-order valence-electron chi connectivity index (χ0n) is 9.47. The molecule has 0 aliphatic carbocycles. The summed E-state index contributed by atoms with van der Waals surface area (Å²) < 4.78 is 0. The second-order valence-corrected chi connectivity index (χ2v) is 5.40. The fraction of sp³-hybridized carbons (Fsp3) is 0.364. The lowest BCUT2D eigenvalue weighted by atomic mass is 10.1. The minimum absolute atomic E-state index is 0.0780. The monoisotopic (exact) mass is 286 g/mol. The first-order valence-corrected chi connectivity index (χ1v) is 6.94. The number of hydrogen-bond donors (Lipinski definition) is 0. The molecule has 18 heavy (non-hydrogen) atoms. The van der Waals surface area contributed by atoms with E-state index >= 15 is 0 Å². The van der Waals surface area contributed by atoms with Crippen LogP contribution in [0.1, 0.15) is 10.4 Å². The van der Waals surface area contributed by atoms with Crippen LogP contribution in [0.5, 0.6) is 0 Å². The van der Waals surface area contributed by atoms with Crippen molar-refractivity contribution in [1.29, 1.82) is 0 Å². The third-order valence-corrected chi connectivity index (χ3v) is 4.04. The highest BCUT2D eigenvalue weighted by Gasteiger charge is 2.24. The van der Waals surface area contributed by atoms with E-state index < -0.39 is 4.92 Å². The Morgan fingerprint density at radius 3 is 2.67 bits per heavy atom. The minimum Gasteiger partial charge on any atom is -0.337 e. The summed E-state index contributed by atoms with van der Waals surface area (Å²) in [5, 5.41) is 10.7. The molecular weight excluding hydrogens is 276 g/mol. The molecule has 0 atom stereocenters. The largest absolute Gasteiger partial charge is 0.337 e. The van der Waals surface area contributed by atoms with E-state index in [0.717, 1.165) is 11.5 Å². The van der Waals surface area contributed by atoms with Gasteiger partial charge >= 0.3 is 0 Å². The van der Waals surface area contributed by atoms with Crippen LogP contribution in [-0.2, 0) is 0 Å². The Labute approximate surface area is 113 Å². The quantitative estimate of drug-likeness (QED) is 0.619. The summed E-state index contributed by atoms with van der Waals surface area (Å²) in [4.78, 5) is 24.1. The highest BCUT2D eigenvalue weighted by atomic mass is 35.5. The van der Waals surface area contributed by atoms with Gasteiger partial charge in [-0.3, -0.25) is 14.9 Å². The third-order valence-electron chi connectivity index (χ3n) is 2.70. The standard InChI is InChI=1S/C11H11ClN2O3S/c12-10-8(2-1-3-9(10)14(16)17)11(15)13-4-6-18-7-5-13/h1-3H,4-7H2. The predicted octanol–water partition coefficient (Wildman–Crippen LogP) is 2.44. The Morgan fingerprint density at radius 1 is 1.39 bits per heavy atom. The van der Waals surface area contributed by atoms with Gasteiger partial charge in [-0.15, -0.1) is 0 Å². The van der Waals surface area contributed by atoms with Gasteiger partial charge < -0.3 is 4.90 Å². The minimum atomic E-state index is -0.578. The summed E-state index contributed by atoms with van der Waals surface area (Å²) in [5.74, 6) is 1.54. The van der Waals surface area contributed by atoms with E-state index in [1.54, 1.807) is 16.7 Å². The molecule has 1 fully saturated rings. The van der Waals surface area contributed by atoms with Crippen LogP contribution < -0.4 is 0 Å². The number of halogens is 1. The zero-order chi connectivity index (χ0) is 13.1. The summed E-state index contributed by atoms with van der Waals surface area (Å²) in [6, 6.07) is 4.31. The number of nitrogens with zero attached hydrogens (tertiary/aromatic N) is 2. The van der Waals surface area contributed by atoms with Crippen LogP contribution in [0.2, 0.25) is 5.02 Å². The normalized spacial score (nSPS) is 15.5. The number of nitro groups is 1. The molecule has 1 aromatic carbocycles. The average Bonchev–Trinajstić information content (AvgIpc) is 2.39. The Morgan fingerprint density at radius 2 is 2.06 bits per heavy atom. The first-order chi connectivity index (χ1) is 8.61. The van der Waals surface area contributed by atoms with E-state index in [2.05, 4.69) is 0 Å². The smallest absolute Gasteiger partial charge is 0.288 e. The molecule has 2 rings (SSSR count). The Hall–Kier alpha value is -1.27. The first-order valence-electron chi connectivity index (χ1n) is 5.41. The maximum atomic E-state index is 12.2. The van der Waals surface area contributed by atoms with Gasteiger partial charge in [0.1, 0.15) is 5.02 Å². The number of thioether (sulfide) groups is 1. The van der Waals surface area contributed by atoms with Gasteiger partial charge in [-0.1, -0.05) is 17.7 Å². The molecule has 1 heterocycles. The molecule has 0 saturated carbocycles. The fourth-order valence-corrected chi connectivity index (χ4v) is 2.94. The Kier molecular flexibility index (Phi) is 4.08. The van der Waals surface area contributed by atoms with Crippen molar-refractivity contribution in [2.45, 2.75) is 0 Å². The molecule has 1 aliphatic rings. The molecule has 0 radical (unpaired) electrons. The van der Waals surface area contributed by atoms with Gasteiger partial charge in [0.25, 0.3) is 11.6 Å². The second kappa shape index (κ2) is 5.58. The van der Waals surface area contributed by atoms with Crippen molar-refractivity contribution in [3.05, 3.63) is 38.9 Å². The van der Waals surface area contributed by atoms with E-state index in [-0.39, 0.29) is 22.2 Å². The van der Waals surface area contributed by atoms with Gasteiger partial charge in [-0.2, -0.15) is 11.8 Å². The van der Waals surface area contributed by atoms with Crippen molar-refractivity contribution in [2.24, 2.45) is 0 Å². The molecule has 7 heteroatoms. The number of carbonyl (C=O) groups excluding carboxylic acids is 1. The SMILES string of the molecule is O=C(c1cccc([N+](=O)[O-])c1Cl)N1CCSCC1. The molecule has 0 unspecified atom stereocenters. The summed E-state index contributed by atoms with van der Waals surface area (Å²) in [5.41, 5.74) is -0.0216. The topological polar surface area (TPSA) is 63.4 Å². The maximum Gasteiger partial charge on any atom is 0.288 e. The second-order valence-electron chi connectivity index (χ2n) is 3.80. The van der Waals surface area contributed by atoms with Crippen LogP contribution in [0, 0.1) is 10.1 Å². The lowest BCUT2D eigenvalue weighted by molar-refractivity contribution is -0.384. The van der Waals surface area contributed by atoms with Gasteiger partial charge in [-0.05, 0) is 6.07 Å². The molecule has 96 valence electrons. The highest BCUT2D eigenvalue weighted by molar-refractivity contribution is 7.99. The summed E-state index contributed by atoms with van der Waals surface area (Å²) >= 11 is 7.71. The lowest BCUT2D eigenvalue weighted by Crippen LogP contribution is -2.38. The van der Waals surface area contributed by atoms with Crippen LogP contribution >= 0.6 is 23.4 Å². The number of rotatable bonds is 2. The maximum absolute atomic E-state index is 12.2. The van der Waals surface area contributed by atoms with Crippen LogP contribution in [0.4, 0.5) is 5.69 Å². The molecule has 1 aliphatic heterocycles. The van der Waals surface area contributed by atoms with Crippen molar-refractivity contribution in [2.75, 3.05) is 24.6 Å². The van der Waals surface area contributed by atoms with Crippen LogP contribution in [-0.4, -0.2) is 40.3 Å². The van der Waals surface area contributed by atoms with Gasteiger partial charge in [0.2, 0.25) is 0 Å². The van der Waals surface area contributed by atoms with Gasteiger partial charge in [0.05, 0.1) is 10.5 Å². The van der Waals surface area contributed by atoms with Crippen molar-refractivity contribution in [1.82, 2.24) is 4.90 Å². The van der Waals surface area contributed by atoms with E-state index in [1.807, 2.05) is 0 Å². The predicted molar refractivity (Wildman–Crippen MR) is 71.3 cm³/mol. The molecule has 0 spiro atoms. The van der Waals surface area contributed by atoms with E-state index in [1.165, 1.54) is 18.2 Å². The highest BCUT2D eigenvalue weighted by Crippen LogP contribution is 2.29. The van der Waals surface area contributed by atoms with Crippen molar-refractivity contribution in [3.63, 3.8) is 0 Å². The molecule has 1 amide bonds. The summed E-state index contributed by atoms with van der Waals surface area (Å²) in [6.07, 6.45) is 0. The summed E-state index contributed by atoms with van der Waals surface area (Å²) in [7, 11) is 0. The van der Waals surface area contributed by atoms with Crippen LogP contribution in [0.3, 0.4) is 0 Å². The van der Waals surface area contributed by atoms with E-state index in [9.17, 15) is 14.9 Å². The van der Waals surface area contributed by atoms with Crippen molar-refractivity contribution in [3.8, 4) is 0 Å².